The fourth-order valence-electron chi connectivity index (χ4n) is 4.07. The van der Waals surface area contributed by atoms with Crippen molar-refractivity contribution in [3.05, 3.63) is 95.2 Å². The molecule has 0 aliphatic heterocycles. The molecule has 0 saturated heterocycles. The lowest BCUT2D eigenvalue weighted by molar-refractivity contribution is -0.687. The van der Waals surface area contributed by atoms with Crippen LogP contribution in [0.5, 0.6) is 5.75 Å². The van der Waals surface area contributed by atoms with Crippen LogP contribution in [0.4, 0.5) is 0 Å². The quantitative estimate of drug-likeness (QED) is 0.255. The molecule has 9 heteroatoms. The fourth-order valence-corrected chi connectivity index (χ4v) is 4.99. The van der Waals surface area contributed by atoms with Crippen LogP contribution in [-0.2, 0) is 35.0 Å². The van der Waals surface area contributed by atoms with Crippen molar-refractivity contribution in [2.45, 2.75) is 31.8 Å². The van der Waals surface area contributed by atoms with Gasteiger partial charge in [-0.05, 0) is 44.2 Å². The number of esters is 1. The Bertz CT molecular complexity index is 1450. The first-order valence-corrected chi connectivity index (χ1v) is 12.9. The number of fused-ring (bicyclic) bond motifs is 1. The van der Waals surface area contributed by atoms with Crippen LogP contribution in [0, 0.1) is 6.92 Å². The number of nitrogens with two attached hydrogens (primary N) is 1. The highest BCUT2D eigenvalue weighted by Gasteiger charge is 2.25. The van der Waals surface area contributed by atoms with Crippen molar-refractivity contribution in [3.8, 4) is 5.75 Å². The lowest BCUT2D eigenvalue weighted by Crippen LogP contribution is -3.00. The zero-order valence-electron chi connectivity index (χ0n) is 20.4. The Hall–Kier alpha value is -3.33. The molecule has 7 nitrogen and oxygen atoms in total. The van der Waals surface area contributed by atoms with Crippen molar-refractivity contribution < 1.29 is 39.9 Å². The maximum atomic E-state index is 13.0. The predicted octanol–water partition coefficient (Wildman–Crippen LogP) is 0.699. The Morgan fingerprint density at radius 3 is 2.33 bits per heavy atom. The molecule has 36 heavy (non-hydrogen) atoms. The average molecular weight is 529 g/mol. The molecule has 1 heterocycles. The van der Waals surface area contributed by atoms with Gasteiger partial charge in [0.15, 0.2) is 0 Å². The van der Waals surface area contributed by atoms with E-state index in [9.17, 15) is 13.2 Å². The summed E-state index contributed by atoms with van der Waals surface area (Å²) >= 11 is 0. The molecule has 0 spiro atoms. The minimum absolute atomic E-state index is 0. The molecule has 0 radical (unpaired) electrons. The maximum Gasteiger partial charge on any atom is 0.340 e. The normalized spacial score (nSPS) is 11.2. The fraction of sp³-hybridized carbons (Fsp3) is 0.222. The summed E-state index contributed by atoms with van der Waals surface area (Å²) in [5, 5.41) is 2.71. The van der Waals surface area contributed by atoms with Crippen LogP contribution in [0.1, 0.15) is 34.1 Å². The second kappa shape index (κ2) is 11.6. The number of rotatable bonds is 9. The number of carbonyl (C=O) groups excluding carboxylic acids is 1. The van der Waals surface area contributed by atoms with Gasteiger partial charge in [0.1, 0.15) is 23.7 Å². The molecule has 2 N–H and O–H groups in total. The van der Waals surface area contributed by atoms with Crippen LogP contribution in [0.15, 0.2) is 77.7 Å². The minimum atomic E-state index is -4.02. The van der Waals surface area contributed by atoms with Crippen molar-refractivity contribution in [3.63, 3.8) is 0 Å². The van der Waals surface area contributed by atoms with Crippen LogP contribution < -0.4 is 21.9 Å². The highest BCUT2D eigenvalue weighted by atomic mass is 35.5. The Labute approximate surface area is 217 Å². The summed E-state index contributed by atoms with van der Waals surface area (Å²) < 4.78 is 38.3. The van der Waals surface area contributed by atoms with E-state index in [4.69, 9.17) is 8.92 Å². The van der Waals surface area contributed by atoms with Gasteiger partial charge in [0.25, 0.3) is 0 Å². The number of hydrogen-bond acceptors (Lipinski definition) is 5. The summed E-state index contributed by atoms with van der Waals surface area (Å²) in [7, 11) is -2.13. The number of carbonyl (C=O) groups is 1. The van der Waals surface area contributed by atoms with Crippen molar-refractivity contribution in [1.82, 2.24) is 4.57 Å². The van der Waals surface area contributed by atoms with Crippen molar-refractivity contribution in [2.75, 3.05) is 6.61 Å². The van der Waals surface area contributed by atoms with E-state index in [0.717, 1.165) is 23.3 Å². The van der Waals surface area contributed by atoms with Gasteiger partial charge in [-0.2, -0.15) is 8.42 Å². The number of benzene rings is 3. The third-order valence-corrected chi connectivity index (χ3v) is 7.11. The van der Waals surface area contributed by atoms with E-state index in [-0.39, 0.29) is 29.7 Å². The molecule has 0 aliphatic rings. The molecule has 0 fully saturated rings. The zero-order chi connectivity index (χ0) is 25.0. The number of aryl methyl sites for hydroxylation is 2. The van der Waals surface area contributed by atoms with E-state index in [2.05, 4.69) is 17.4 Å². The molecular formula is C27H29ClN2O5S. The topological polar surface area (TPSA) is 91.2 Å². The van der Waals surface area contributed by atoms with Gasteiger partial charge in [0, 0.05) is 23.5 Å². The summed E-state index contributed by atoms with van der Waals surface area (Å²) in [5.74, 6) is -0.311. The van der Waals surface area contributed by atoms with E-state index in [1.165, 1.54) is 17.7 Å². The van der Waals surface area contributed by atoms with Crippen molar-refractivity contribution in [2.24, 2.45) is 7.05 Å². The van der Waals surface area contributed by atoms with Gasteiger partial charge in [-0.25, -0.2) is 4.79 Å². The standard InChI is InChI=1S/C27H28N2O5S.ClH/c1-4-33-27(30)26-23-16-21(34-35(31,32)22-13-10-19(2)11-14-22)12-15-24(23)29(3)25(26)18-28-17-20-8-6-5-7-9-20;/h5-16,28H,4,17-18H2,1-3H3;1H. The Morgan fingerprint density at radius 2 is 1.67 bits per heavy atom. The van der Waals surface area contributed by atoms with Crippen LogP contribution in [0.3, 0.4) is 0 Å². The summed E-state index contributed by atoms with van der Waals surface area (Å²) in [6, 6.07) is 21.5. The maximum absolute atomic E-state index is 13.0. The molecule has 0 bridgehead atoms. The van der Waals surface area contributed by atoms with Gasteiger partial charge >= 0.3 is 16.1 Å². The lowest BCUT2D eigenvalue weighted by atomic mass is 10.1. The van der Waals surface area contributed by atoms with E-state index in [1.807, 2.05) is 36.7 Å². The molecule has 0 saturated carbocycles. The molecule has 190 valence electrons. The molecule has 0 atom stereocenters. The molecule has 4 rings (SSSR count). The van der Waals surface area contributed by atoms with Gasteiger partial charge in [-0.3, -0.25) is 0 Å². The smallest absolute Gasteiger partial charge is 0.340 e. The second-order valence-corrected chi connectivity index (χ2v) is 9.86. The van der Waals surface area contributed by atoms with Crippen LogP contribution in [-0.4, -0.2) is 25.6 Å². The van der Waals surface area contributed by atoms with E-state index in [1.54, 1.807) is 37.3 Å². The first-order chi connectivity index (χ1) is 16.8. The highest BCUT2D eigenvalue weighted by Crippen LogP contribution is 2.31. The minimum Gasteiger partial charge on any atom is -1.00 e. The number of halogens is 1. The van der Waals surface area contributed by atoms with Gasteiger partial charge in [0.2, 0.25) is 0 Å². The molecular weight excluding hydrogens is 500 g/mol. The molecule has 0 amide bonds. The number of hydrogen-bond donors (Lipinski definition) is 1. The molecule has 0 aliphatic carbocycles. The van der Waals surface area contributed by atoms with E-state index < -0.39 is 16.1 Å². The first-order valence-electron chi connectivity index (χ1n) is 11.5. The molecule has 1 aromatic heterocycles. The molecule has 0 unspecified atom stereocenters. The Balaban J connectivity index is 0.00000361. The van der Waals surface area contributed by atoms with E-state index >= 15 is 0 Å². The van der Waals surface area contributed by atoms with E-state index in [0.29, 0.717) is 17.5 Å². The predicted molar refractivity (Wildman–Crippen MR) is 134 cm³/mol. The number of ether oxygens (including phenoxy) is 1. The average Bonchev–Trinajstić information content (AvgIpc) is 3.11. The Morgan fingerprint density at radius 1 is 0.972 bits per heavy atom. The van der Waals surface area contributed by atoms with Crippen molar-refractivity contribution in [1.29, 1.82) is 0 Å². The van der Waals surface area contributed by atoms with Crippen molar-refractivity contribution >= 4 is 27.0 Å². The summed E-state index contributed by atoms with van der Waals surface area (Å²) in [4.78, 5) is 13.0. The van der Waals surface area contributed by atoms with Crippen LogP contribution in [0.2, 0.25) is 0 Å². The number of nitrogens with zero attached hydrogens (tertiary/aromatic N) is 1. The van der Waals surface area contributed by atoms with Crippen LogP contribution >= 0.6 is 0 Å². The summed E-state index contributed by atoms with van der Waals surface area (Å²) in [6.45, 7) is 5.18. The van der Waals surface area contributed by atoms with Crippen LogP contribution in [0.25, 0.3) is 10.9 Å². The van der Waals surface area contributed by atoms with Gasteiger partial charge in [-0.1, -0.05) is 48.0 Å². The zero-order valence-corrected chi connectivity index (χ0v) is 22.0. The third kappa shape index (κ3) is 5.90. The number of aromatic nitrogens is 1. The molecule has 3 aromatic carbocycles. The second-order valence-electron chi connectivity index (χ2n) is 8.31. The SMILES string of the molecule is CCOC(=O)c1c(C[NH2+]Cc2ccccc2)n(C)c2ccc(OS(=O)(=O)c3ccc(C)cc3)cc12.[Cl-]. The summed E-state index contributed by atoms with van der Waals surface area (Å²) in [6.07, 6.45) is 0. The summed E-state index contributed by atoms with van der Waals surface area (Å²) in [5.41, 5.74) is 4.14. The van der Waals surface area contributed by atoms with Gasteiger partial charge in [-0.15, -0.1) is 0 Å². The largest absolute Gasteiger partial charge is 1.00 e. The lowest BCUT2D eigenvalue weighted by Gasteiger charge is -2.08. The Kier molecular flexibility index (Phi) is 8.79. The monoisotopic (exact) mass is 528 g/mol. The third-order valence-electron chi connectivity index (χ3n) is 5.85. The first kappa shape index (κ1) is 27.3. The number of quaternary nitrogens is 1. The molecule has 4 aromatic rings. The van der Waals surface area contributed by atoms with Gasteiger partial charge < -0.3 is 31.2 Å². The highest BCUT2D eigenvalue weighted by molar-refractivity contribution is 7.87. The van der Waals surface area contributed by atoms with Gasteiger partial charge in [0.05, 0.1) is 17.9 Å².